The van der Waals surface area contributed by atoms with E-state index in [4.69, 9.17) is 46.4 Å². The molecule has 0 bridgehead atoms. The largest absolute Gasteiger partial charge is 0.350 e. The van der Waals surface area contributed by atoms with E-state index in [1.165, 1.54) is 23.1 Å². The second-order valence-electron chi connectivity index (χ2n) is 8.98. The Kier molecular flexibility index (Phi) is 9.75. The van der Waals surface area contributed by atoms with Gasteiger partial charge in [-0.15, -0.1) is 0 Å². The zero-order valence-corrected chi connectivity index (χ0v) is 23.7. The molecule has 2 rings (SSSR count). The minimum Gasteiger partial charge on any atom is -0.350 e. The maximum Gasteiger partial charge on any atom is 0.244 e. The lowest BCUT2D eigenvalue weighted by Crippen LogP contribution is -2.54. The molecule has 0 aliphatic rings. The molecular formula is C23H27Cl4N3O4S. The van der Waals surface area contributed by atoms with Gasteiger partial charge in [-0.1, -0.05) is 58.5 Å². The van der Waals surface area contributed by atoms with Crippen molar-refractivity contribution in [1.29, 1.82) is 0 Å². The van der Waals surface area contributed by atoms with Crippen molar-refractivity contribution in [2.45, 2.75) is 45.8 Å². The van der Waals surface area contributed by atoms with Crippen LogP contribution in [0.25, 0.3) is 0 Å². The second-order valence-corrected chi connectivity index (χ2v) is 12.5. The van der Waals surface area contributed by atoms with Gasteiger partial charge < -0.3 is 10.2 Å². The van der Waals surface area contributed by atoms with Crippen LogP contribution in [0.4, 0.5) is 5.69 Å². The first kappa shape index (κ1) is 29.5. The van der Waals surface area contributed by atoms with Crippen LogP contribution in [0.5, 0.6) is 0 Å². The number of halogens is 4. The molecular weight excluding hydrogens is 556 g/mol. The van der Waals surface area contributed by atoms with Gasteiger partial charge in [0.2, 0.25) is 21.8 Å². The Balaban J connectivity index is 2.51. The average Bonchev–Trinajstić information content (AvgIpc) is 2.71. The second kappa shape index (κ2) is 11.6. The number of sulfonamides is 1. The lowest BCUT2D eigenvalue weighted by molar-refractivity contribution is -0.140. The smallest absolute Gasteiger partial charge is 0.244 e. The number of amides is 2. The molecule has 0 aliphatic heterocycles. The molecule has 0 aliphatic carbocycles. The number of hydrogen-bond acceptors (Lipinski definition) is 4. The molecule has 0 heterocycles. The first-order chi connectivity index (χ1) is 16.0. The average molecular weight is 583 g/mol. The third kappa shape index (κ3) is 7.89. The summed E-state index contributed by atoms with van der Waals surface area (Å²) in [5.41, 5.74) is -0.0984. The van der Waals surface area contributed by atoms with E-state index in [9.17, 15) is 18.0 Å². The van der Waals surface area contributed by atoms with E-state index < -0.39 is 40.0 Å². The molecule has 0 saturated carbocycles. The van der Waals surface area contributed by atoms with E-state index in [1.807, 2.05) is 0 Å². The van der Waals surface area contributed by atoms with Gasteiger partial charge in [0.05, 0.1) is 22.0 Å². The third-order valence-corrected chi connectivity index (χ3v) is 7.58. The van der Waals surface area contributed by atoms with Crippen LogP contribution < -0.4 is 9.62 Å². The minimum atomic E-state index is -3.96. The van der Waals surface area contributed by atoms with Gasteiger partial charge in [0.1, 0.15) is 12.6 Å². The standard InChI is InChI=1S/C23H27Cl4N3O4S/c1-14(22(32)28-23(2,3)4)29(12-15-16(24)8-6-9-17(15)25)20(31)13-30(35(5,33)34)19-11-7-10-18(26)21(19)27/h6-11,14H,12-13H2,1-5H3,(H,28,32)/t14-/m1/s1. The molecule has 0 saturated heterocycles. The number of rotatable bonds is 8. The quantitative estimate of drug-likeness (QED) is 0.451. The van der Waals surface area contributed by atoms with E-state index in [1.54, 1.807) is 45.9 Å². The van der Waals surface area contributed by atoms with E-state index in [0.29, 0.717) is 15.6 Å². The molecule has 1 atom stereocenters. The maximum absolute atomic E-state index is 13.6. The predicted molar refractivity (Wildman–Crippen MR) is 143 cm³/mol. The molecule has 192 valence electrons. The normalized spacial score (nSPS) is 12.7. The molecule has 0 spiro atoms. The van der Waals surface area contributed by atoms with Gasteiger partial charge in [0.15, 0.2) is 0 Å². The molecule has 2 aromatic carbocycles. The fourth-order valence-electron chi connectivity index (χ4n) is 3.19. The molecule has 0 aromatic heterocycles. The fourth-order valence-corrected chi connectivity index (χ4v) is 5.01. The van der Waals surface area contributed by atoms with Crippen molar-refractivity contribution in [3.8, 4) is 0 Å². The molecule has 0 radical (unpaired) electrons. The van der Waals surface area contributed by atoms with E-state index >= 15 is 0 Å². The Morgan fingerprint density at radius 3 is 2.00 bits per heavy atom. The third-order valence-electron chi connectivity index (χ3n) is 4.93. The van der Waals surface area contributed by atoms with Gasteiger partial charge >= 0.3 is 0 Å². The number of anilines is 1. The Bertz CT molecular complexity index is 1200. The van der Waals surface area contributed by atoms with Gasteiger partial charge in [0, 0.05) is 27.7 Å². The molecule has 2 aromatic rings. The zero-order valence-electron chi connectivity index (χ0n) is 19.9. The molecule has 2 amide bonds. The van der Waals surface area contributed by atoms with E-state index in [2.05, 4.69) is 5.32 Å². The van der Waals surface area contributed by atoms with Crippen LogP contribution in [-0.2, 0) is 26.2 Å². The van der Waals surface area contributed by atoms with Gasteiger partial charge in [-0.05, 0) is 52.0 Å². The summed E-state index contributed by atoms with van der Waals surface area (Å²) in [7, 11) is -3.96. The Morgan fingerprint density at radius 2 is 1.49 bits per heavy atom. The highest BCUT2D eigenvalue weighted by molar-refractivity contribution is 7.92. The number of carbonyl (C=O) groups excluding carboxylic acids is 2. The number of nitrogens with zero attached hydrogens (tertiary/aromatic N) is 2. The van der Waals surface area contributed by atoms with Crippen molar-refractivity contribution in [3.05, 3.63) is 62.1 Å². The van der Waals surface area contributed by atoms with Crippen molar-refractivity contribution in [1.82, 2.24) is 10.2 Å². The molecule has 0 unspecified atom stereocenters. The number of benzene rings is 2. The van der Waals surface area contributed by atoms with Crippen molar-refractivity contribution >= 4 is 73.9 Å². The number of nitrogens with one attached hydrogen (secondary N) is 1. The molecule has 0 fully saturated rings. The summed E-state index contributed by atoms with van der Waals surface area (Å²) < 4.78 is 26.1. The highest BCUT2D eigenvalue weighted by Gasteiger charge is 2.32. The van der Waals surface area contributed by atoms with Gasteiger partial charge in [-0.3, -0.25) is 13.9 Å². The van der Waals surface area contributed by atoms with Crippen LogP contribution in [0.1, 0.15) is 33.3 Å². The minimum absolute atomic E-state index is 0.0217. The van der Waals surface area contributed by atoms with Crippen LogP contribution in [0.3, 0.4) is 0 Å². The summed E-state index contributed by atoms with van der Waals surface area (Å²) in [6.45, 7) is 6.20. The van der Waals surface area contributed by atoms with Crippen molar-refractivity contribution in [2.24, 2.45) is 0 Å². The molecule has 1 N–H and O–H groups in total. The van der Waals surface area contributed by atoms with Crippen molar-refractivity contribution in [3.63, 3.8) is 0 Å². The summed E-state index contributed by atoms with van der Waals surface area (Å²) in [5, 5.41) is 3.54. The SMILES string of the molecule is C[C@H](C(=O)NC(C)(C)C)N(Cc1c(Cl)cccc1Cl)C(=O)CN(c1cccc(Cl)c1Cl)S(C)(=O)=O. The maximum atomic E-state index is 13.6. The lowest BCUT2D eigenvalue weighted by atomic mass is 10.1. The van der Waals surface area contributed by atoms with Gasteiger partial charge in [-0.2, -0.15) is 0 Å². The highest BCUT2D eigenvalue weighted by Crippen LogP contribution is 2.34. The van der Waals surface area contributed by atoms with E-state index in [-0.39, 0.29) is 22.3 Å². The fraction of sp³-hybridized carbons (Fsp3) is 0.391. The van der Waals surface area contributed by atoms with Crippen LogP contribution in [0, 0.1) is 0 Å². The van der Waals surface area contributed by atoms with Crippen molar-refractivity contribution < 1.29 is 18.0 Å². The van der Waals surface area contributed by atoms with Crippen LogP contribution >= 0.6 is 46.4 Å². The van der Waals surface area contributed by atoms with Gasteiger partial charge in [0.25, 0.3) is 0 Å². The van der Waals surface area contributed by atoms with Gasteiger partial charge in [-0.25, -0.2) is 8.42 Å². The van der Waals surface area contributed by atoms with Crippen LogP contribution in [-0.4, -0.2) is 49.5 Å². The molecule has 7 nitrogen and oxygen atoms in total. The van der Waals surface area contributed by atoms with Crippen LogP contribution in [0.2, 0.25) is 20.1 Å². The first-order valence-corrected chi connectivity index (χ1v) is 13.8. The monoisotopic (exact) mass is 581 g/mol. The Labute approximate surface area is 226 Å². The summed E-state index contributed by atoms with van der Waals surface area (Å²) >= 11 is 25.0. The Hall–Kier alpha value is -1.71. The summed E-state index contributed by atoms with van der Waals surface area (Å²) in [6, 6.07) is 8.36. The Morgan fingerprint density at radius 1 is 0.971 bits per heavy atom. The molecule has 12 heteroatoms. The predicted octanol–water partition coefficient (Wildman–Crippen LogP) is 5.40. The summed E-state index contributed by atoms with van der Waals surface area (Å²) in [6.07, 6.45) is 0.947. The highest BCUT2D eigenvalue weighted by atomic mass is 35.5. The summed E-state index contributed by atoms with van der Waals surface area (Å²) in [4.78, 5) is 27.8. The van der Waals surface area contributed by atoms with E-state index in [0.717, 1.165) is 10.6 Å². The number of hydrogen-bond donors (Lipinski definition) is 1. The zero-order chi connectivity index (χ0) is 26.7. The number of carbonyl (C=O) groups is 2. The first-order valence-electron chi connectivity index (χ1n) is 10.5. The van der Waals surface area contributed by atoms with Crippen molar-refractivity contribution in [2.75, 3.05) is 17.1 Å². The topological polar surface area (TPSA) is 86.8 Å². The van der Waals surface area contributed by atoms with Crippen LogP contribution in [0.15, 0.2) is 36.4 Å². The summed E-state index contributed by atoms with van der Waals surface area (Å²) in [5.74, 6) is -1.10. The molecule has 35 heavy (non-hydrogen) atoms. The lowest BCUT2D eigenvalue weighted by Gasteiger charge is -2.33.